The zero-order valence-corrected chi connectivity index (χ0v) is 10.2. The maximum atomic E-state index is 5.99. The molecule has 1 saturated heterocycles. The van der Waals surface area contributed by atoms with Crippen molar-refractivity contribution in [3.05, 3.63) is 29.8 Å². The predicted molar refractivity (Wildman–Crippen MR) is 71.2 cm³/mol. The summed E-state index contributed by atoms with van der Waals surface area (Å²) in [6.07, 6.45) is 2.43. The monoisotopic (exact) mass is 235 g/mol. The maximum Gasteiger partial charge on any atom is 0.196 e. The van der Waals surface area contributed by atoms with E-state index in [1.54, 1.807) is 0 Å². The van der Waals surface area contributed by atoms with Gasteiger partial charge in [0.05, 0.1) is 5.69 Å². The van der Waals surface area contributed by atoms with Crippen molar-refractivity contribution in [3.63, 3.8) is 0 Å². The molecule has 86 valence electrons. The first-order valence-electron chi connectivity index (χ1n) is 5.59. The Hall–Kier alpha value is -1.16. The van der Waals surface area contributed by atoms with Crippen LogP contribution in [0.4, 0.5) is 5.69 Å². The summed E-state index contributed by atoms with van der Waals surface area (Å²) < 4.78 is 0. The Morgan fingerprint density at radius 2 is 2.00 bits per heavy atom. The first kappa shape index (κ1) is 11.3. The van der Waals surface area contributed by atoms with Crippen LogP contribution < -0.4 is 5.73 Å². The number of nitrogens with zero attached hydrogens (tertiary/aromatic N) is 2. The highest BCUT2D eigenvalue weighted by molar-refractivity contribution is 7.79. The molecule has 1 heterocycles. The number of aliphatic imine (C=N–C) groups is 1. The highest BCUT2D eigenvalue weighted by Gasteiger charge is 2.13. The molecule has 1 aliphatic heterocycles. The van der Waals surface area contributed by atoms with Crippen molar-refractivity contribution >= 4 is 24.3 Å². The van der Waals surface area contributed by atoms with Crippen LogP contribution in [0.1, 0.15) is 18.4 Å². The maximum absolute atomic E-state index is 5.99. The van der Waals surface area contributed by atoms with Crippen LogP contribution in [0.15, 0.2) is 29.3 Å². The fourth-order valence-corrected chi connectivity index (χ4v) is 2.16. The second kappa shape index (κ2) is 5.25. The fraction of sp³-hybridized carbons (Fsp3) is 0.417. The molecule has 0 amide bonds. The quantitative estimate of drug-likeness (QED) is 0.468. The van der Waals surface area contributed by atoms with E-state index in [4.69, 9.17) is 5.73 Å². The third-order valence-corrected chi connectivity index (χ3v) is 3.17. The minimum atomic E-state index is 0.631. The molecule has 0 atom stereocenters. The Balaban J connectivity index is 2.20. The summed E-state index contributed by atoms with van der Waals surface area (Å²) in [4.78, 5) is 6.62. The van der Waals surface area contributed by atoms with Gasteiger partial charge in [-0.25, -0.2) is 4.99 Å². The first-order valence-corrected chi connectivity index (χ1v) is 6.22. The fourth-order valence-electron chi connectivity index (χ4n) is 1.89. The average molecular weight is 235 g/mol. The summed E-state index contributed by atoms with van der Waals surface area (Å²) in [5.74, 6) is 1.32. The number of benzene rings is 1. The van der Waals surface area contributed by atoms with Crippen LogP contribution in [0.5, 0.6) is 0 Å². The van der Waals surface area contributed by atoms with Crippen molar-refractivity contribution < 1.29 is 0 Å². The van der Waals surface area contributed by atoms with Crippen molar-refractivity contribution in [1.82, 2.24) is 4.90 Å². The van der Waals surface area contributed by atoms with E-state index in [0.29, 0.717) is 11.7 Å². The molecule has 0 unspecified atom stereocenters. The lowest BCUT2D eigenvalue weighted by Gasteiger charge is -2.16. The van der Waals surface area contributed by atoms with Gasteiger partial charge in [0.1, 0.15) is 0 Å². The van der Waals surface area contributed by atoms with Gasteiger partial charge >= 0.3 is 0 Å². The number of nitrogens with two attached hydrogens (primary N) is 1. The topological polar surface area (TPSA) is 41.6 Å². The van der Waals surface area contributed by atoms with Crippen molar-refractivity contribution in [2.75, 3.05) is 13.1 Å². The first-order chi connectivity index (χ1) is 7.81. The Morgan fingerprint density at radius 3 is 2.69 bits per heavy atom. The van der Waals surface area contributed by atoms with E-state index in [9.17, 15) is 0 Å². The third kappa shape index (κ3) is 2.50. The van der Waals surface area contributed by atoms with Crippen molar-refractivity contribution in [2.24, 2.45) is 10.7 Å². The molecule has 4 heteroatoms. The van der Waals surface area contributed by atoms with Gasteiger partial charge in [0.15, 0.2) is 5.96 Å². The number of guanidine groups is 1. The normalized spacial score (nSPS) is 16.8. The van der Waals surface area contributed by atoms with Gasteiger partial charge < -0.3 is 10.6 Å². The second-order valence-corrected chi connectivity index (χ2v) is 4.27. The number of para-hydroxylation sites is 1. The van der Waals surface area contributed by atoms with E-state index in [2.05, 4.69) is 22.5 Å². The van der Waals surface area contributed by atoms with Crippen LogP contribution in [0.3, 0.4) is 0 Å². The standard InChI is InChI=1S/C12H17N3S/c13-12(15-7-3-4-8-15)14-11-6-2-1-5-10(11)9-16/h1-2,5-6,16H,3-4,7-9H2,(H2,13,14). The van der Waals surface area contributed by atoms with E-state index < -0.39 is 0 Å². The van der Waals surface area contributed by atoms with Gasteiger partial charge in [0.25, 0.3) is 0 Å². The summed E-state index contributed by atoms with van der Waals surface area (Å²) in [7, 11) is 0. The Bertz CT molecular complexity index is 384. The van der Waals surface area contributed by atoms with Crippen LogP contribution in [0, 0.1) is 0 Å². The zero-order valence-electron chi connectivity index (χ0n) is 9.26. The zero-order chi connectivity index (χ0) is 11.4. The highest BCUT2D eigenvalue weighted by atomic mass is 32.1. The molecule has 0 bridgehead atoms. The second-order valence-electron chi connectivity index (χ2n) is 3.95. The van der Waals surface area contributed by atoms with Crippen LogP contribution in [-0.2, 0) is 5.75 Å². The Morgan fingerprint density at radius 1 is 1.31 bits per heavy atom. The van der Waals surface area contributed by atoms with E-state index in [1.807, 2.05) is 24.3 Å². The number of hydrogen-bond donors (Lipinski definition) is 2. The van der Waals surface area contributed by atoms with E-state index in [1.165, 1.54) is 12.8 Å². The minimum Gasteiger partial charge on any atom is -0.369 e. The molecule has 3 nitrogen and oxygen atoms in total. The van der Waals surface area contributed by atoms with E-state index in [-0.39, 0.29) is 0 Å². The molecular formula is C12H17N3S. The van der Waals surface area contributed by atoms with E-state index in [0.717, 1.165) is 24.3 Å². The SMILES string of the molecule is NC(=Nc1ccccc1CS)N1CCCC1. The average Bonchev–Trinajstić information content (AvgIpc) is 2.83. The number of hydrogen-bond acceptors (Lipinski definition) is 2. The molecule has 1 fully saturated rings. The summed E-state index contributed by atoms with van der Waals surface area (Å²) in [6, 6.07) is 7.98. The lowest BCUT2D eigenvalue weighted by atomic mass is 10.2. The number of rotatable bonds is 2. The van der Waals surface area contributed by atoms with Crippen molar-refractivity contribution in [3.8, 4) is 0 Å². The van der Waals surface area contributed by atoms with Crippen LogP contribution in [0.2, 0.25) is 0 Å². The molecule has 2 N–H and O–H groups in total. The molecule has 0 aliphatic carbocycles. The van der Waals surface area contributed by atoms with Gasteiger partial charge in [-0.15, -0.1) is 0 Å². The summed E-state index contributed by atoms with van der Waals surface area (Å²) in [6.45, 7) is 2.05. The van der Waals surface area contributed by atoms with Crippen molar-refractivity contribution in [2.45, 2.75) is 18.6 Å². The lowest BCUT2D eigenvalue weighted by Crippen LogP contribution is -2.34. The summed E-state index contributed by atoms with van der Waals surface area (Å²) in [5.41, 5.74) is 8.04. The van der Waals surface area contributed by atoms with Crippen LogP contribution in [0.25, 0.3) is 0 Å². The van der Waals surface area contributed by atoms with Gasteiger partial charge in [0, 0.05) is 18.8 Å². The van der Waals surface area contributed by atoms with E-state index >= 15 is 0 Å². The summed E-state index contributed by atoms with van der Waals surface area (Å²) in [5, 5.41) is 0. The molecule has 0 radical (unpaired) electrons. The van der Waals surface area contributed by atoms with Gasteiger partial charge in [-0.2, -0.15) is 12.6 Å². The highest BCUT2D eigenvalue weighted by Crippen LogP contribution is 2.21. The van der Waals surface area contributed by atoms with Gasteiger partial charge in [-0.05, 0) is 24.5 Å². The molecule has 2 rings (SSSR count). The van der Waals surface area contributed by atoms with Gasteiger partial charge in [-0.3, -0.25) is 0 Å². The largest absolute Gasteiger partial charge is 0.369 e. The number of thiol groups is 1. The molecule has 0 aromatic heterocycles. The molecule has 1 aromatic carbocycles. The molecule has 1 aromatic rings. The molecule has 0 saturated carbocycles. The molecule has 0 spiro atoms. The smallest absolute Gasteiger partial charge is 0.196 e. The molecular weight excluding hydrogens is 218 g/mol. The minimum absolute atomic E-state index is 0.631. The van der Waals surface area contributed by atoms with Crippen molar-refractivity contribution in [1.29, 1.82) is 0 Å². The summed E-state index contributed by atoms with van der Waals surface area (Å²) >= 11 is 4.29. The van der Waals surface area contributed by atoms with Gasteiger partial charge in [0.2, 0.25) is 0 Å². The lowest BCUT2D eigenvalue weighted by molar-refractivity contribution is 0.513. The number of likely N-dealkylation sites (tertiary alicyclic amines) is 1. The Kier molecular flexibility index (Phi) is 3.72. The molecule has 1 aliphatic rings. The molecule has 16 heavy (non-hydrogen) atoms. The van der Waals surface area contributed by atoms with Crippen LogP contribution >= 0.6 is 12.6 Å². The Labute approximate surface area is 102 Å². The van der Waals surface area contributed by atoms with Crippen LogP contribution in [-0.4, -0.2) is 23.9 Å². The predicted octanol–water partition coefficient (Wildman–Crippen LogP) is 2.16. The third-order valence-electron chi connectivity index (χ3n) is 2.83. The van der Waals surface area contributed by atoms with Gasteiger partial charge in [-0.1, -0.05) is 18.2 Å².